The molecule has 1 aromatic rings. The lowest BCUT2D eigenvalue weighted by Gasteiger charge is -2.17. The molecule has 1 aromatic carbocycles. The Labute approximate surface area is 107 Å². The summed E-state index contributed by atoms with van der Waals surface area (Å²) in [5.74, 6) is -0.433. The van der Waals surface area contributed by atoms with Crippen LogP contribution >= 0.6 is 0 Å². The number of methoxy groups -OCH3 is 1. The largest absolute Gasteiger partial charge is 0.396 e. The Morgan fingerprint density at radius 2 is 2.22 bits per heavy atom. The van der Waals surface area contributed by atoms with Gasteiger partial charge < -0.3 is 20.9 Å². The molecule has 5 heteroatoms. The third-order valence-electron chi connectivity index (χ3n) is 2.71. The number of nitrogens with one attached hydrogen (secondary N) is 1. The van der Waals surface area contributed by atoms with Gasteiger partial charge in [-0.25, -0.2) is 0 Å². The first-order valence-electron chi connectivity index (χ1n) is 5.90. The van der Waals surface area contributed by atoms with Crippen molar-refractivity contribution in [3.63, 3.8) is 0 Å². The van der Waals surface area contributed by atoms with Gasteiger partial charge in [0.25, 0.3) is 0 Å². The fourth-order valence-electron chi connectivity index (χ4n) is 1.77. The van der Waals surface area contributed by atoms with E-state index in [4.69, 9.17) is 15.6 Å². The number of ether oxygens (including phenoxy) is 1. The van der Waals surface area contributed by atoms with E-state index >= 15 is 0 Å². The van der Waals surface area contributed by atoms with Gasteiger partial charge >= 0.3 is 0 Å². The zero-order valence-corrected chi connectivity index (χ0v) is 10.6. The first-order chi connectivity index (χ1) is 8.69. The zero-order valence-electron chi connectivity index (χ0n) is 10.6. The van der Waals surface area contributed by atoms with Crippen LogP contribution in [0.15, 0.2) is 24.3 Å². The second kappa shape index (κ2) is 7.81. The maximum atomic E-state index is 11.2. The van der Waals surface area contributed by atoms with Gasteiger partial charge in [0.05, 0.1) is 6.61 Å². The summed E-state index contributed by atoms with van der Waals surface area (Å²) in [4.78, 5) is 11.2. The zero-order chi connectivity index (χ0) is 13.4. The molecule has 0 radical (unpaired) electrons. The van der Waals surface area contributed by atoms with Gasteiger partial charge in [0.1, 0.15) is 0 Å². The van der Waals surface area contributed by atoms with E-state index in [1.807, 2.05) is 12.1 Å². The Morgan fingerprint density at radius 1 is 1.50 bits per heavy atom. The molecule has 0 heterocycles. The standard InChI is InChI=1S/C13H20N2O3/c1-18-9-11(6-7-16)15-8-10-4-2-3-5-12(10)13(14)17/h2-5,11,15-16H,6-9H2,1H3,(H2,14,17). The van der Waals surface area contributed by atoms with Crippen LogP contribution in [0.4, 0.5) is 0 Å². The van der Waals surface area contributed by atoms with Crippen molar-refractivity contribution in [2.45, 2.75) is 19.0 Å². The Morgan fingerprint density at radius 3 is 2.83 bits per heavy atom. The minimum Gasteiger partial charge on any atom is -0.396 e. The van der Waals surface area contributed by atoms with E-state index in [-0.39, 0.29) is 12.6 Å². The van der Waals surface area contributed by atoms with Crippen molar-refractivity contribution < 1.29 is 14.6 Å². The number of aliphatic hydroxyl groups is 1. The van der Waals surface area contributed by atoms with Gasteiger partial charge in [0, 0.05) is 31.9 Å². The van der Waals surface area contributed by atoms with Crippen LogP contribution in [-0.4, -0.2) is 37.4 Å². The Balaban J connectivity index is 2.63. The topological polar surface area (TPSA) is 84.6 Å². The Kier molecular flexibility index (Phi) is 6.35. The second-order valence-corrected chi connectivity index (χ2v) is 4.07. The molecule has 5 nitrogen and oxygen atoms in total. The monoisotopic (exact) mass is 252 g/mol. The third kappa shape index (κ3) is 4.44. The summed E-state index contributed by atoms with van der Waals surface area (Å²) >= 11 is 0. The normalized spacial score (nSPS) is 12.3. The lowest BCUT2D eigenvalue weighted by atomic mass is 10.1. The van der Waals surface area contributed by atoms with Gasteiger partial charge in [-0.15, -0.1) is 0 Å². The summed E-state index contributed by atoms with van der Waals surface area (Å²) in [5.41, 5.74) is 6.68. The molecular formula is C13H20N2O3. The maximum Gasteiger partial charge on any atom is 0.249 e. The molecule has 1 rings (SSSR count). The molecule has 0 spiro atoms. The van der Waals surface area contributed by atoms with E-state index in [1.54, 1.807) is 19.2 Å². The molecule has 0 aromatic heterocycles. The number of amides is 1. The predicted molar refractivity (Wildman–Crippen MR) is 69.2 cm³/mol. The number of hydrogen-bond donors (Lipinski definition) is 3. The fraction of sp³-hybridized carbons (Fsp3) is 0.462. The van der Waals surface area contributed by atoms with Crippen molar-refractivity contribution in [1.82, 2.24) is 5.32 Å². The molecular weight excluding hydrogens is 232 g/mol. The molecule has 0 aliphatic rings. The highest BCUT2D eigenvalue weighted by Gasteiger charge is 2.10. The number of nitrogens with two attached hydrogens (primary N) is 1. The van der Waals surface area contributed by atoms with E-state index in [9.17, 15) is 4.79 Å². The van der Waals surface area contributed by atoms with Gasteiger partial charge in [-0.05, 0) is 18.1 Å². The SMILES string of the molecule is COCC(CCO)NCc1ccccc1C(N)=O. The number of carbonyl (C=O) groups excluding carboxylic acids is 1. The van der Waals surface area contributed by atoms with E-state index in [2.05, 4.69) is 5.32 Å². The van der Waals surface area contributed by atoms with Crippen LogP contribution in [0.3, 0.4) is 0 Å². The average molecular weight is 252 g/mol. The molecule has 0 saturated carbocycles. The Bertz CT molecular complexity index is 376. The number of rotatable bonds is 8. The molecule has 0 aliphatic carbocycles. The summed E-state index contributed by atoms with van der Waals surface area (Å²) in [7, 11) is 1.61. The summed E-state index contributed by atoms with van der Waals surface area (Å²) in [6, 6.07) is 7.26. The summed E-state index contributed by atoms with van der Waals surface area (Å²) in [6.45, 7) is 1.13. The Hall–Kier alpha value is -1.43. The van der Waals surface area contributed by atoms with Crippen molar-refractivity contribution in [2.75, 3.05) is 20.3 Å². The maximum absolute atomic E-state index is 11.2. The van der Waals surface area contributed by atoms with Crippen LogP contribution < -0.4 is 11.1 Å². The van der Waals surface area contributed by atoms with E-state index in [0.717, 1.165) is 5.56 Å². The number of aliphatic hydroxyl groups excluding tert-OH is 1. The van der Waals surface area contributed by atoms with Crippen LogP contribution in [0, 0.1) is 0 Å². The van der Waals surface area contributed by atoms with Gasteiger partial charge in [0.2, 0.25) is 5.91 Å². The van der Waals surface area contributed by atoms with Gasteiger partial charge in [-0.1, -0.05) is 18.2 Å². The third-order valence-corrected chi connectivity index (χ3v) is 2.71. The number of primary amides is 1. The summed E-state index contributed by atoms with van der Waals surface area (Å²) < 4.78 is 5.06. The number of benzene rings is 1. The molecule has 18 heavy (non-hydrogen) atoms. The van der Waals surface area contributed by atoms with Crippen molar-refractivity contribution >= 4 is 5.91 Å². The number of hydrogen-bond acceptors (Lipinski definition) is 4. The average Bonchev–Trinajstić information content (AvgIpc) is 2.36. The summed E-state index contributed by atoms with van der Waals surface area (Å²) in [6.07, 6.45) is 0.604. The van der Waals surface area contributed by atoms with Crippen LogP contribution in [0.2, 0.25) is 0 Å². The minimum atomic E-state index is -0.433. The van der Waals surface area contributed by atoms with E-state index in [0.29, 0.717) is 25.1 Å². The molecule has 0 fully saturated rings. The molecule has 4 N–H and O–H groups in total. The molecule has 100 valence electrons. The first kappa shape index (κ1) is 14.6. The van der Waals surface area contributed by atoms with Crippen LogP contribution in [0.1, 0.15) is 22.3 Å². The molecule has 1 amide bonds. The van der Waals surface area contributed by atoms with Gasteiger partial charge in [-0.3, -0.25) is 4.79 Å². The van der Waals surface area contributed by atoms with E-state index in [1.165, 1.54) is 0 Å². The number of carbonyl (C=O) groups is 1. The highest BCUT2D eigenvalue weighted by atomic mass is 16.5. The lowest BCUT2D eigenvalue weighted by Crippen LogP contribution is -2.34. The van der Waals surface area contributed by atoms with Crippen LogP contribution in [0.25, 0.3) is 0 Å². The molecule has 0 saturated heterocycles. The van der Waals surface area contributed by atoms with Crippen LogP contribution in [-0.2, 0) is 11.3 Å². The first-order valence-corrected chi connectivity index (χ1v) is 5.90. The predicted octanol–water partition coefficient (Wildman–Crippen LogP) is 0.272. The lowest BCUT2D eigenvalue weighted by molar-refractivity contribution is 0.0999. The molecule has 1 unspecified atom stereocenters. The highest BCUT2D eigenvalue weighted by molar-refractivity contribution is 5.94. The second-order valence-electron chi connectivity index (χ2n) is 4.07. The van der Waals surface area contributed by atoms with Gasteiger partial charge in [-0.2, -0.15) is 0 Å². The van der Waals surface area contributed by atoms with E-state index < -0.39 is 5.91 Å². The minimum absolute atomic E-state index is 0.0564. The van der Waals surface area contributed by atoms with Gasteiger partial charge in [0.15, 0.2) is 0 Å². The van der Waals surface area contributed by atoms with Crippen molar-refractivity contribution in [3.8, 4) is 0 Å². The molecule has 1 atom stereocenters. The van der Waals surface area contributed by atoms with Crippen LogP contribution in [0.5, 0.6) is 0 Å². The van der Waals surface area contributed by atoms with Crippen molar-refractivity contribution in [3.05, 3.63) is 35.4 Å². The fourth-order valence-corrected chi connectivity index (χ4v) is 1.77. The quantitative estimate of drug-likeness (QED) is 0.620. The molecule has 0 bridgehead atoms. The van der Waals surface area contributed by atoms with Crippen molar-refractivity contribution in [2.24, 2.45) is 5.73 Å². The highest BCUT2D eigenvalue weighted by Crippen LogP contribution is 2.08. The van der Waals surface area contributed by atoms with Crippen molar-refractivity contribution in [1.29, 1.82) is 0 Å². The summed E-state index contributed by atoms with van der Waals surface area (Å²) in [5, 5.41) is 12.2. The smallest absolute Gasteiger partial charge is 0.249 e. The molecule has 0 aliphatic heterocycles.